The van der Waals surface area contributed by atoms with Crippen LogP contribution in [0.1, 0.15) is 43.2 Å². The number of imide groups is 1. The second-order valence-electron chi connectivity index (χ2n) is 7.79. The Morgan fingerprint density at radius 3 is 2.87 bits per heavy atom. The molecule has 8 heteroatoms. The topological polar surface area (TPSA) is 112 Å². The summed E-state index contributed by atoms with van der Waals surface area (Å²) in [6, 6.07) is 2.28. The third-order valence-corrected chi connectivity index (χ3v) is 5.47. The van der Waals surface area contributed by atoms with E-state index in [1.165, 1.54) is 5.56 Å². The van der Waals surface area contributed by atoms with Gasteiger partial charge in [0, 0.05) is 25.2 Å². The number of carboxylic acids is 1. The van der Waals surface area contributed by atoms with Gasteiger partial charge in [0.25, 0.3) is 0 Å². The number of pyridine rings is 1. The fraction of sp³-hybridized carbons (Fsp3) is 0.545. The summed E-state index contributed by atoms with van der Waals surface area (Å²) in [6.07, 6.45) is 12.5. The number of rotatable bonds is 10. The minimum Gasteiger partial charge on any atom is -0.480 e. The molecule has 0 bridgehead atoms. The van der Waals surface area contributed by atoms with E-state index in [0.29, 0.717) is 18.9 Å². The molecule has 1 aliphatic heterocycles. The first-order chi connectivity index (χ1) is 14.5. The minimum absolute atomic E-state index is 0.0108. The molecule has 2 aliphatic rings. The lowest BCUT2D eigenvalue weighted by molar-refractivity contribution is -0.147. The number of nitrogens with one attached hydrogen (secondary N) is 2. The number of terminal acetylenes is 1. The van der Waals surface area contributed by atoms with E-state index in [2.05, 4.69) is 21.5 Å². The van der Waals surface area contributed by atoms with Crippen molar-refractivity contribution in [2.45, 2.75) is 51.0 Å². The molecular formula is C22H28N4O4. The van der Waals surface area contributed by atoms with Gasteiger partial charge in [-0.1, -0.05) is 5.92 Å². The number of aromatic nitrogens is 1. The van der Waals surface area contributed by atoms with Crippen LogP contribution in [0.5, 0.6) is 0 Å². The predicted molar refractivity (Wildman–Crippen MR) is 112 cm³/mol. The molecule has 1 aromatic heterocycles. The van der Waals surface area contributed by atoms with E-state index in [0.717, 1.165) is 48.5 Å². The Labute approximate surface area is 176 Å². The first-order valence-corrected chi connectivity index (χ1v) is 10.5. The number of anilines is 1. The number of amides is 2. The van der Waals surface area contributed by atoms with Crippen LogP contribution in [0.3, 0.4) is 0 Å². The summed E-state index contributed by atoms with van der Waals surface area (Å²) in [7, 11) is 0. The molecule has 0 spiro atoms. The van der Waals surface area contributed by atoms with Crippen LogP contribution in [0.4, 0.5) is 5.82 Å². The molecule has 30 heavy (non-hydrogen) atoms. The minimum atomic E-state index is -1.21. The Bertz CT molecular complexity index is 844. The molecule has 0 aromatic carbocycles. The molecule has 0 unspecified atom stereocenters. The zero-order chi connectivity index (χ0) is 21.5. The van der Waals surface area contributed by atoms with Gasteiger partial charge >= 0.3 is 5.97 Å². The molecule has 3 rings (SSSR count). The van der Waals surface area contributed by atoms with E-state index in [4.69, 9.17) is 6.42 Å². The van der Waals surface area contributed by atoms with Gasteiger partial charge in [-0.25, -0.2) is 4.98 Å². The Morgan fingerprint density at radius 2 is 2.17 bits per heavy atom. The highest BCUT2D eigenvalue weighted by Crippen LogP contribution is 2.24. The van der Waals surface area contributed by atoms with Crippen LogP contribution in [0, 0.1) is 18.3 Å². The average Bonchev–Trinajstić information content (AvgIpc) is 3.57. The van der Waals surface area contributed by atoms with Crippen LogP contribution in [-0.2, 0) is 27.2 Å². The first kappa shape index (κ1) is 21.8. The van der Waals surface area contributed by atoms with Crippen molar-refractivity contribution in [1.82, 2.24) is 15.2 Å². The lowest BCUT2D eigenvalue weighted by atomic mass is 9.97. The molecule has 2 heterocycles. The predicted octanol–water partition coefficient (Wildman–Crippen LogP) is 1.20. The van der Waals surface area contributed by atoms with Crippen molar-refractivity contribution in [1.29, 1.82) is 0 Å². The van der Waals surface area contributed by atoms with Crippen molar-refractivity contribution in [3.63, 3.8) is 0 Å². The highest BCUT2D eigenvalue weighted by atomic mass is 16.4. The fourth-order valence-corrected chi connectivity index (χ4v) is 3.58. The van der Waals surface area contributed by atoms with E-state index < -0.39 is 17.8 Å². The van der Waals surface area contributed by atoms with Crippen molar-refractivity contribution >= 4 is 23.6 Å². The van der Waals surface area contributed by atoms with Gasteiger partial charge in [0.15, 0.2) is 0 Å². The van der Waals surface area contributed by atoms with Crippen molar-refractivity contribution in [3.8, 4) is 12.3 Å². The highest BCUT2D eigenvalue weighted by Gasteiger charge is 2.29. The SMILES string of the molecule is C#C[C@@H](CN(C(=O)CCCc1ccnc2c1CCCN2)C(=O)CNC1CC1)C(=O)O. The lowest BCUT2D eigenvalue weighted by Crippen LogP contribution is -2.45. The zero-order valence-electron chi connectivity index (χ0n) is 17.0. The third-order valence-electron chi connectivity index (χ3n) is 5.47. The molecule has 2 amide bonds. The maximum Gasteiger partial charge on any atom is 0.320 e. The van der Waals surface area contributed by atoms with Crippen LogP contribution in [0.15, 0.2) is 12.3 Å². The van der Waals surface area contributed by atoms with Crippen LogP contribution in [-0.4, -0.2) is 58.5 Å². The van der Waals surface area contributed by atoms with Crippen LogP contribution < -0.4 is 10.6 Å². The molecule has 0 saturated heterocycles. The van der Waals surface area contributed by atoms with Crippen LogP contribution in [0.2, 0.25) is 0 Å². The van der Waals surface area contributed by atoms with Crippen molar-refractivity contribution in [2.75, 3.05) is 25.0 Å². The summed E-state index contributed by atoms with van der Waals surface area (Å²) in [5.74, 6) is -0.181. The molecular weight excluding hydrogens is 384 g/mol. The molecule has 3 N–H and O–H groups in total. The summed E-state index contributed by atoms with van der Waals surface area (Å²) >= 11 is 0. The molecule has 1 saturated carbocycles. The number of aryl methyl sites for hydroxylation is 1. The monoisotopic (exact) mass is 412 g/mol. The molecule has 160 valence electrons. The average molecular weight is 412 g/mol. The maximum absolute atomic E-state index is 12.8. The van der Waals surface area contributed by atoms with E-state index in [9.17, 15) is 19.5 Å². The molecule has 1 aliphatic carbocycles. The number of carbonyl (C=O) groups is 3. The van der Waals surface area contributed by atoms with Gasteiger partial charge in [-0.05, 0) is 55.7 Å². The Balaban J connectivity index is 1.60. The van der Waals surface area contributed by atoms with Gasteiger partial charge in [0.2, 0.25) is 11.8 Å². The number of carboxylic acid groups (broad SMARTS) is 1. The standard InChI is InChI=1S/C22H28N4O4/c1-2-15(22(29)30)14-26(20(28)13-25-17-8-9-17)19(27)7-3-5-16-10-12-24-21-18(16)6-4-11-23-21/h1,10,12,15,17,25H,3-9,11,13-14H2,(H,23,24)(H,29,30)/t15-/m0/s1. The number of fused-ring (bicyclic) bond motifs is 1. The van der Waals surface area contributed by atoms with E-state index in [-0.39, 0.29) is 25.4 Å². The zero-order valence-corrected chi connectivity index (χ0v) is 17.0. The smallest absolute Gasteiger partial charge is 0.320 e. The summed E-state index contributed by atoms with van der Waals surface area (Å²) in [5, 5.41) is 15.6. The normalized spacial score (nSPS) is 16.0. The number of nitrogens with zero attached hydrogens (tertiary/aromatic N) is 2. The quantitative estimate of drug-likeness (QED) is 0.495. The first-order valence-electron chi connectivity index (χ1n) is 10.5. The van der Waals surface area contributed by atoms with E-state index in [1.54, 1.807) is 6.20 Å². The lowest BCUT2D eigenvalue weighted by Gasteiger charge is -2.23. The van der Waals surface area contributed by atoms with Gasteiger partial charge in [-0.15, -0.1) is 6.42 Å². The van der Waals surface area contributed by atoms with Crippen molar-refractivity contribution in [3.05, 3.63) is 23.4 Å². The highest BCUT2D eigenvalue weighted by molar-refractivity contribution is 5.96. The van der Waals surface area contributed by atoms with E-state index >= 15 is 0 Å². The Hall–Kier alpha value is -2.92. The van der Waals surface area contributed by atoms with Gasteiger partial charge in [0.1, 0.15) is 11.7 Å². The molecule has 1 fully saturated rings. The molecule has 0 radical (unpaired) electrons. The third kappa shape index (κ3) is 5.80. The maximum atomic E-state index is 12.8. The Morgan fingerprint density at radius 1 is 1.37 bits per heavy atom. The molecule has 1 aromatic rings. The van der Waals surface area contributed by atoms with Crippen molar-refractivity contribution in [2.24, 2.45) is 5.92 Å². The number of aliphatic carboxylic acids is 1. The molecule has 1 atom stereocenters. The Kier molecular flexibility index (Phi) is 7.41. The summed E-state index contributed by atoms with van der Waals surface area (Å²) in [6.45, 7) is 0.620. The van der Waals surface area contributed by atoms with Gasteiger partial charge in [-0.2, -0.15) is 0 Å². The molecule has 8 nitrogen and oxygen atoms in total. The van der Waals surface area contributed by atoms with Gasteiger partial charge in [0.05, 0.1) is 13.1 Å². The van der Waals surface area contributed by atoms with Crippen LogP contribution >= 0.6 is 0 Å². The summed E-state index contributed by atoms with van der Waals surface area (Å²) in [5.41, 5.74) is 2.34. The number of carbonyl (C=O) groups excluding carboxylic acids is 2. The van der Waals surface area contributed by atoms with E-state index in [1.807, 2.05) is 6.07 Å². The second-order valence-corrected chi connectivity index (χ2v) is 7.79. The summed E-state index contributed by atoms with van der Waals surface area (Å²) < 4.78 is 0. The second kappa shape index (κ2) is 10.2. The fourth-order valence-electron chi connectivity index (χ4n) is 3.58. The summed E-state index contributed by atoms with van der Waals surface area (Å²) in [4.78, 5) is 42.0. The largest absolute Gasteiger partial charge is 0.480 e. The number of hydrogen-bond donors (Lipinski definition) is 3. The number of hydrogen-bond acceptors (Lipinski definition) is 6. The van der Waals surface area contributed by atoms with Gasteiger partial charge < -0.3 is 15.7 Å². The van der Waals surface area contributed by atoms with Crippen LogP contribution in [0.25, 0.3) is 0 Å². The van der Waals surface area contributed by atoms with Gasteiger partial charge in [-0.3, -0.25) is 19.3 Å². The van der Waals surface area contributed by atoms with Crippen molar-refractivity contribution < 1.29 is 19.5 Å².